The van der Waals surface area contributed by atoms with E-state index in [9.17, 15) is 14.3 Å². The van der Waals surface area contributed by atoms with Crippen molar-refractivity contribution in [3.63, 3.8) is 0 Å². The molecule has 0 radical (unpaired) electrons. The molecule has 2 aromatic carbocycles. The first-order valence-corrected chi connectivity index (χ1v) is 8.85. The Bertz CT molecular complexity index is 977. The second-order valence-corrected chi connectivity index (χ2v) is 6.51. The molecule has 0 bridgehead atoms. The lowest BCUT2D eigenvalue weighted by molar-refractivity contribution is 0.0947. The second kappa shape index (κ2) is 8.58. The van der Waals surface area contributed by atoms with Gasteiger partial charge >= 0.3 is 0 Å². The van der Waals surface area contributed by atoms with Crippen molar-refractivity contribution < 1.29 is 14.3 Å². The molecule has 1 heterocycles. The Balaban J connectivity index is 1.79. The van der Waals surface area contributed by atoms with Crippen molar-refractivity contribution in [2.24, 2.45) is 0 Å². The number of hydrogen-bond acceptors (Lipinski definition) is 5. The van der Waals surface area contributed by atoms with E-state index in [0.717, 1.165) is 5.56 Å². The van der Waals surface area contributed by atoms with E-state index >= 15 is 0 Å². The Morgan fingerprint density at radius 1 is 1.25 bits per heavy atom. The van der Waals surface area contributed by atoms with Gasteiger partial charge < -0.3 is 16.2 Å². The molecule has 0 aliphatic heterocycles. The summed E-state index contributed by atoms with van der Waals surface area (Å²) in [7, 11) is 0. The van der Waals surface area contributed by atoms with E-state index in [1.54, 1.807) is 13.0 Å². The topological polar surface area (TPSA) is 101 Å². The molecule has 0 saturated carbocycles. The first-order chi connectivity index (χ1) is 13.4. The lowest BCUT2D eigenvalue weighted by Crippen LogP contribution is -2.23. The number of benzene rings is 2. The molecule has 1 aromatic heterocycles. The van der Waals surface area contributed by atoms with Crippen molar-refractivity contribution in [2.75, 3.05) is 5.73 Å². The maximum Gasteiger partial charge on any atom is 0.254 e. The summed E-state index contributed by atoms with van der Waals surface area (Å²) >= 11 is 0. The van der Waals surface area contributed by atoms with Gasteiger partial charge in [-0.2, -0.15) is 0 Å². The zero-order valence-electron chi connectivity index (χ0n) is 15.4. The van der Waals surface area contributed by atoms with Gasteiger partial charge in [0.1, 0.15) is 17.3 Å². The zero-order valence-corrected chi connectivity index (χ0v) is 15.4. The summed E-state index contributed by atoms with van der Waals surface area (Å²) in [5, 5.41) is 12.2. The Morgan fingerprint density at radius 2 is 2.00 bits per heavy atom. The van der Waals surface area contributed by atoms with Crippen LogP contribution in [0.5, 0.6) is 0 Å². The van der Waals surface area contributed by atoms with Crippen LogP contribution in [-0.4, -0.2) is 27.1 Å². The lowest BCUT2D eigenvalue weighted by atomic mass is 10.1. The van der Waals surface area contributed by atoms with Gasteiger partial charge in [0.2, 0.25) is 0 Å². The summed E-state index contributed by atoms with van der Waals surface area (Å²) in [6, 6.07) is 13.6. The van der Waals surface area contributed by atoms with E-state index in [1.807, 2.05) is 30.3 Å². The van der Waals surface area contributed by atoms with Crippen molar-refractivity contribution in [2.45, 2.75) is 26.0 Å². The molecule has 3 aromatic rings. The standard InChI is InChI=1S/C21H21FN4O2/c1-13(27)9-16-12-24-20(23)19(26-16)15-7-8-17(18(22)10-15)21(28)25-11-14-5-3-2-4-6-14/h2-8,10,12-13,27H,9,11H2,1H3,(H2,23,24)(H,25,28). The number of hydrogen-bond donors (Lipinski definition) is 3. The van der Waals surface area contributed by atoms with Crippen LogP contribution in [0.25, 0.3) is 11.3 Å². The molecule has 1 amide bonds. The van der Waals surface area contributed by atoms with Crippen molar-refractivity contribution in [3.8, 4) is 11.3 Å². The van der Waals surface area contributed by atoms with Crippen LogP contribution < -0.4 is 11.1 Å². The predicted octanol–water partition coefficient (Wildman–Crippen LogP) is 2.72. The molecule has 144 valence electrons. The molecule has 3 rings (SSSR count). The molecule has 7 heteroatoms. The van der Waals surface area contributed by atoms with Crippen molar-refractivity contribution in [1.29, 1.82) is 0 Å². The van der Waals surface area contributed by atoms with Crippen LogP contribution in [0.15, 0.2) is 54.7 Å². The molecule has 4 N–H and O–H groups in total. The molecule has 0 aliphatic carbocycles. The van der Waals surface area contributed by atoms with Gasteiger partial charge in [0.05, 0.1) is 23.6 Å². The molecule has 28 heavy (non-hydrogen) atoms. The Hall–Kier alpha value is -3.32. The van der Waals surface area contributed by atoms with Crippen LogP contribution in [0, 0.1) is 5.82 Å². The zero-order chi connectivity index (χ0) is 20.1. The van der Waals surface area contributed by atoms with Gasteiger partial charge in [0.15, 0.2) is 0 Å². The summed E-state index contributed by atoms with van der Waals surface area (Å²) in [5.74, 6) is -1.03. The number of amides is 1. The number of nitrogens with zero attached hydrogens (tertiary/aromatic N) is 2. The smallest absolute Gasteiger partial charge is 0.254 e. The van der Waals surface area contributed by atoms with E-state index in [0.29, 0.717) is 29.9 Å². The van der Waals surface area contributed by atoms with E-state index in [1.165, 1.54) is 18.3 Å². The summed E-state index contributed by atoms with van der Waals surface area (Å²) in [6.07, 6.45) is 1.20. The minimum atomic E-state index is -0.676. The number of nitrogens with one attached hydrogen (secondary N) is 1. The quantitative estimate of drug-likeness (QED) is 0.610. The van der Waals surface area contributed by atoms with E-state index in [4.69, 9.17) is 5.73 Å². The summed E-state index contributed by atoms with van der Waals surface area (Å²) in [5.41, 5.74) is 8.00. The fraction of sp³-hybridized carbons (Fsp3) is 0.190. The van der Waals surface area contributed by atoms with Crippen LogP contribution in [0.1, 0.15) is 28.5 Å². The van der Waals surface area contributed by atoms with Crippen LogP contribution in [0.3, 0.4) is 0 Å². The Labute approximate surface area is 162 Å². The summed E-state index contributed by atoms with van der Waals surface area (Å²) in [4.78, 5) is 20.7. The number of carbonyl (C=O) groups is 1. The number of aliphatic hydroxyl groups is 1. The molecule has 1 atom stereocenters. The molecule has 0 saturated heterocycles. The number of halogens is 1. The van der Waals surface area contributed by atoms with E-state index < -0.39 is 17.8 Å². The fourth-order valence-corrected chi connectivity index (χ4v) is 2.77. The van der Waals surface area contributed by atoms with Crippen LogP contribution in [-0.2, 0) is 13.0 Å². The highest BCUT2D eigenvalue weighted by molar-refractivity contribution is 5.95. The van der Waals surface area contributed by atoms with Gasteiger partial charge in [-0.05, 0) is 24.6 Å². The number of nitrogens with two attached hydrogens (primary N) is 1. The molecule has 1 unspecified atom stereocenters. The van der Waals surface area contributed by atoms with Crippen molar-refractivity contribution in [1.82, 2.24) is 15.3 Å². The average Bonchev–Trinajstić information content (AvgIpc) is 2.68. The molecule has 0 spiro atoms. The SMILES string of the molecule is CC(O)Cc1cnc(N)c(-c2ccc(C(=O)NCc3ccccc3)c(F)c2)n1. The van der Waals surface area contributed by atoms with Crippen molar-refractivity contribution in [3.05, 3.63) is 77.4 Å². The second-order valence-electron chi connectivity index (χ2n) is 6.51. The highest BCUT2D eigenvalue weighted by Crippen LogP contribution is 2.24. The fourth-order valence-electron chi connectivity index (χ4n) is 2.77. The number of anilines is 1. The van der Waals surface area contributed by atoms with Crippen LogP contribution >= 0.6 is 0 Å². The first kappa shape index (κ1) is 19.4. The van der Waals surface area contributed by atoms with Crippen LogP contribution in [0.2, 0.25) is 0 Å². The molecule has 0 fully saturated rings. The molecule has 0 aliphatic rings. The largest absolute Gasteiger partial charge is 0.393 e. The monoisotopic (exact) mass is 380 g/mol. The highest BCUT2D eigenvalue weighted by Gasteiger charge is 2.15. The maximum atomic E-state index is 14.6. The number of carbonyl (C=O) groups excluding carboxylic acids is 1. The van der Waals surface area contributed by atoms with Gasteiger partial charge in [-0.25, -0.2) is 14.4 Å². The first-order valence-electron chi connectivity index (χ1n) is 8.85. The summed E-state index contributed by atoms with van der Waals surface area (Å²) < 4.78 is 14.6. The summed E-state index contributed by atoms with van der Waals surface area (Å²) in [6.45, 7) is 1.95. The van der Waals surface area contributed by atoms with E-state index in [2.05, 4.69) is 15.3 Å². The normalized spacial score (nSPS) is 11.8. The molecular formula is C21H21FN4O2. The third-order valence-electron chi connectivity index (χ3n) is 4.14. The van der Waals surface area contributed by atoms with Gasteiger partial charge in [0, 0.05) is 18.5 Å². The number of aromatic nitrogens is 2. The number of nitrogen functional groups attached to an aromatic ring is 1. The molecule has 6 nitrogen and oxygen atoms in total. The Morgan fingerprint density at radius 3 is 2.68 bits per heavy atom. The predicted molar refractivity (Wildman–Crippen MR) is 105 cm³/mol. The third-order valence-corrected chi connectivity index (χ3v) is 4.14. The minimum Gasteiger partial charge on any atom is -0.393 e. The number of aliphatic hydroxyl groups excluding tert-OH is 1. The highest BCUT2D eigenvalue weighted by atomic mass is 19.1. The Kier molecular flexibility index (Phi) is 5.96. The van der Waals surface area contributed by atoms with Gasteiger partial charge in [-0.3, -0.25) is 4.79 Å². The van der Waals surface area contributed by atoms with E-state index in [-0.39, 0.29) is 11.4 Å². The van der Waals surface area contributed by atoms with Crippen LogP contribution in [0.4, 0.5) is 10.2 Å². The third kappa shape index (κ3) is 4.69. The van der Waals surface area contributed by atoms with Gasteiger partial charge in [0.25, 0.3) is 5.91 Å². The van der Waals surface area contributed by atoms with Gasteiger partial charge in [-0.1, -0.05) is 36.4 Å². The van der Waals surface area contributed by atoms with Gasteiger partial charge in [-0.15, -0.1) is 0 Å². The number of rotatable bonds is 6. The molecular weight excluding hydrogens is 359 g/mol. The van der Waals surface area contributed by atoms with Crippen molar-refractivity contribution >= 4 is 11.7 Å². The lowest BCUT2D eigenvalue weighted by Gasteiger charge is -2.10. The minimum absolute atomic E-state index is 0.0636. The maximum absolute atomic E-state index is 14.6. The average molecular weight is 380 g/mol.